The van der Waals surface area contributed by atoms with Crippen molar-refractivity contribution in [2.75, 3.05) is 6.54 Å². The van der Waals surface area contributed by atoms with Crippen LogP contribution >= 0.6 is 0 Å². The minimum Gasteiger partial charge on any atom is -0.313 e. The molecule has 0 spiro atoms. The first kappa shape index (κ1) is 15.0. The van der Waals surface area contributed by atoms with Crippen LogP contribution in [0.25, 0.3) is 0 Å². The largest absolute Gasteiger partial charge is 0.433 e. The van der Waals surface area contributed by atoms with Crippen molar-refractivity contribution in [2.24, 2.45) is 5.92 Å². The number of halogens is 3. The van der Waals surface area contributed by atoms with Crippen molar-refractivity contribution in [1.29, 1.82) is 0 Å². The van der Waals surface area contributed by atoms with Gasteiger partial charge in [-0.15, -0.1) is 0 Å². The maximum absolute atomic E-state index is 13.0. The van der Waals surface area contributed by atoms with Crippen LogP contribution in [-0.4, -0.2) is 16.3 Å². The zero-order chi connectivity index (χ0) is 13.8. The summed E-state index contributed by atoms with van der Waals surface area (Å²) in [6.07, 6.45) is -2.15. The molecule has 1 aromatic heterocycles. The van der Waals surface area contributed by atoms with Crippen molar-refractivity contribution in [3.8, 4) is 0 Å². The average Bonchev–Trinajstić information content (AvgIpc) is 2.60. The maximum Gasteiger partial charge on any atom is 0.433 e. The summed E-state index contributed by atoms with van der Waals surface area (Å²) >= 11 is 0. The molecule has 0 aliphatic heterocycles. The zero-order valence-electron chi connectivity index (χ0n) is 11.0. The molecule has 0 fully saturated rings. The molecule has 0 saturated heterocycles. The highest BCUT2D eigenvalue weighted by molar-refractivity contribution is 5.20. The number of nitrogens with zero attached hydrogens (tertiary/aromatic N) is 2. The van der Waals surface area contributed by atoms with Crippen molar-refractivity contribution < 1.29 is 13.2 Å². The third-order valence-electron chi connectivity index (χ3n) is 2.46. The Morgan fingerprint density at radius 1 is 1.39 bits per heavy atom. The highest BCUT2D eigenvalue weighted by atomic mass is 19.4. The Morgan fingerprint density at radius 2 is 2.06 bits per heavy atom. The third kappa shape index (κ3) is 4.01. The van der Waals surface area contributed by atoms with Gasteiger partial charge in [-0.3, -0.25) is 4.68 Å². The van der Waals surface area contributed by atoms with Crippen LogP contribution in [0.3, 0.4) is 0 Å². The van der Waals surface area contributed by atoms with Gasteiger partial charge >= 0.3 is 6.18 Å². The van der Waals surface area contributed by atoms with Crippen LogP contribution in [0.15, 0.2) is 6.20 Å². The van der Waals surface area contributed by atoms with Crippen molar-refractivity contribution in [1.82, 2.24) is 15.1 Å². The van der Waals surface area contributed by atoms with E-state index in [1.165, 1.54) is 6.20 Å². The molecular weight excluding hydrogens is 243 g/mol. The van der Waals surface area contributed by atoms with Crippen LogP contribution in [0, 0.1) is 5.92 Å². The van der Waals surface area contributed by atoms with Crippen molar-refractivity contribution >= 4 is 0 Å². The van der Waals surface area contributed by atoms with Gasteiger partial charge in [-0.2, -0.15) is 18.3 Å². The first-order valence-corrected chi connectivity index (χ1v) is 6.18. The van der Waals surface area contributed by atoms with Gasteiger partial charge in [0.15, 0.2) is 0 Å². The summed E-state index contributed by atoms with van der Waals surface area (Å²) < 4.78 is 40.1. The molecule has 104 valence electrons. The van der Waals surface area contributed by atoms with Gasteiger partial charge in [0, 0.05) is 18.7 Å². The third-order valence-corrected chi connectivity index (χ3v) is 2.46. The molecule has 0 amide bonds. The number of nitrogens with one attached hydrogen (secondary N) is 1. The lowest BCUT2D eigenvalue weighted by molar-refractivity contribution is -0.145. The second-order valence-corrected chi connectivity index (χ2v) is 4.77. The lowest BCUT2D eigenvalue weighted by Gasteiger charge is -2.14. The minimum absolute atomic E-state index is 0.127. The molecule has 1 heterocycles. The molecule has 0 unspecified atom stereocenters. The van der Waals surface area contributed by atoms with Crippen LogP contribution in [-0.2, 0) is 19.3 Å². The number of hydrogen-bond donors (Lipinski definition) is 1. The van der Waals surface area contributed by atoms with Crippen LogP contribution in [0.2, 0.25) is 0 Å². The molecule has 1 aromatic rings. The molecule has 0 aliphatic rings. The lowest BCUT2D eigenvalue weighted by atomic mass is 10.2. The summed E-state index contributed by atoms with van der Waals surface area (Å²) in [6, 6.07) is 0. The predicted octanol–water partition coefficient (Wildman–Crippen LogP) is 3.06. The number of rotatable bonds is 6. The molecule has 1 N–H and O–H groups in total. The van der Waals surface area contributed by atoms with E-state index >= 15 is 0 Å². The summed E-state index contributed by atoms with van der Waals surface area (Å²) in [5.74, 6) is 0.127. The summed E-state index contributed by atoms with van der Waals surface area (Å²) in [5.41, 5.74) is -0.406. The average molecular weight is 263 g/mol. The van der Waals surface area contributed by atoms with Gasteiger partial charge in [-0.25, -0.2) is 0 Å². The van der Waals surface area contributed by atoms with Gasteiger partial charge in [-0.05, 0) is 18.9 Å². The topological polar surface area (TPSA) is 29.9 Å². The molecular formula is C12H20F3N3. The first-order chi connectivity index (χ1) is 8.36. The van der Waals surface area contributed by atoms with E-state index in [1.54, 1.807) is 0 Å². The van der Waals surface area contributed by atoms with Crippen LogP contribution in [0.5, 0.6) is 0 Å². The lowest BCUT2D eigenvalue weighted by Crippen LogP contribution is -2.21. The van der Waals surface area contributed by atoms with Gasteiger partial charge in [0.1, 0.15) is 5.69 Å². The summed E-state index contributed by atoms with van der Waals surface area (Å²) in [6.45, 7) is 6.91. The monoisotopic (exact) mass is 263 g/mol. The quantitative estimate of drug-likeness (QED) is 0.799. The Morgan fingerprint density at radius 3 is 2.56 bits per heavy atom. The van der Waals surface area contributed by atoms with E-state index in [9.17, 15) is 13.2 Å². The Labute approximate surface area is 105 Å². The molecule has 0 atom stereocenters. The Bertz CT molecular complexity index is 369. The molecule has 0 aromatic carbocycles. The van der Waals surface area contributed by atoms with E-state index in [0.29, 0.717) is 6.54 Å². The zero-order valence-corrected chi connectivity index (χ0v) is 11.0. The first-order valence-electron chi connectivity index (χ1n) is 6.18. The van der Waals surface area contributed by atoms with E-state index in [0.717, 1.165) is 11.1 Å². The summed E-state index contributed by atoms with van der Waals surface area (Å²) in [7, 11) is 0. The van der Waals surface area contributed by atoms with Gasteiger partial charge < -0.3 is 5.32 Å². The second-order valence-electron chi connectivity index (χ2n) is 4.77. The van der Waals surface area contributed by atoms with Crippen molar-refractivity contribution in [2.45, 2.75) is 46.5 Å². The van der Waals surface area contributed by atoms with Crippen LogP contribution in [0.1, 0.15) is 38.4 Å². The molecule has 0 radical (unpaired) electrons. The fraction of sp³-hybridized carbons (Fsp3) is 0.750. The summed E-state index contributed by atoms with van der Waals surface area (Å²) in [4.78, 5) is 0. The van der Waals surface area contributed by atoms with Crippen molar-refractivity contribution in [3.05, 3.63) is 17.5 Å². The number of alkyl halides is 3. The minimum atomic E-state index is -4.35. The van der Waals surface area contributed by atoms with Gasteiger partial charge in [0.2, 0.25) is 0 Å². The van der Waals surface area contributed by atoms with Crippen LogP contribution in [0.4, 0.5) is 13.2 Å². The van der Waals surface area contributed by atoms with E-state index < -0.39 is 11.9 Å². The maximum atomic E-state index is 13.0. The Balaban J connectivity index is 2.93. The molecule has 6 heteroatoms. The van der Waals surface area contributed by atoms with Crippen molar-refractivity contribution in [3.63, 3.8) is 0 Å². The Kier molecular flexibility index (Phi) is 5.19. The molecule has 1 rings (SSSR count). The molecule has 0 aliphatic carbocycles. The van der Waals surface area contributed by atoms with E-state index in [-0.39, 0.29) is 24.6 Å². The predicted molar refractivity (Wildman–Crippen MR) is 64.1 cm³/mol. The highest BCUT2D eigenvalue weighted by Crippen LogP contribution is 2.32. The van der Waals surface area contributed by atoms with E-state index in [4.69, 9.17) is 0 Å². The molecule has 0 bridgehead atoms. The molecule has 18 heavy (non-hydrogen) atoms. The standard InChI is InChI=1S/C12H20F3N3/c1-4-5-16-6-10-7-17-18(8-9(2)3)11(10)12(13,14)15/h7,9,16H,4-6,8H2,1-3H3. The number of hydrogen-bond acceptors (Lipinski definition) is 2. The van der Waals surface area contributed by atoms with E-state index in [1.807, 2.05) is 20.8 Å². The normalized spacial score (nSPS) is 12.4. The smallest absolute Gasteiger partial charge is 0.313 e. The van der Waals surface area contributed by atoms with Gasteiger partial charge in [0.05, 0.1) is 6.20 Å². The van der Waals surface area contributed by atoms with Gasteiger partial charge in [0.25, 0.3) is 0 Å². The van der Waals surface area contributed by atoms with Gasteiger partial charge in [-0.1, -0.05) is 20.8 Å². The Hall–Kier alpha value is -1.04. The van der Waals surface area contributed by atoms with Crippen LogP contribution < -0.4 is 5.32 Å². The fourth-order valence-corrected chi connectivity index (χ4v) is 1.77. The second kappa shape index (κ2) is 6.22. The van der Waals surface area contributed by atoms with E-state index in [2.05, 4.69) is 10.4 Å². The number of aromatic nitrogens is 2. The molecule has 0 saturated carbocycles. The fourth-order valence-electron chi connectivity index (χ4n) is 1.77. The summed E-state index contributed by atoms with van der Waals surface area (Å²) in [5, 5.41) is 6.84. The molecule has 3 nitrogen and oxygen atoms in total. The SMILES string of the molecule is CCCNCc1cnn(CC(C)C)c1C(F)(F)F. The highest BCUT2D eigenvalue weighted by Gasteiger charge is 2.37.